The first-order valence-corrected chi connectivity index (χ1v) is 11.1. The van der Waals surface area contributed by atoms with Gasteiger partial charge in [-0.25, -0.2) is 9.97 Å². The zero-order valence-corrected chi connectivity index (χ0v) is 17.7. The van der Waals surface area contributed by atoms with Crippen LogP contribution in [0.4, 0.5) is 17.3 Å². The molecule has 1 aliphatic heterocycles. The van der Waals surface area contributed by atoms with Gasteiger partial charge < -0.3 is 15.0 Å². The third-order valence-corrected chi connectivity index (χ3v) is 5.98. The van der Waals surface area contributed by atoms with E-state index in [0.29, 0.717) is 5.95 Å². The quantitative estimate of drug-likeness (QED) is 0.411. The molecule has 0 atom stereocenters. The van der Waals surface area contributed by atoms with Gasteiger partial charge >= 0.3 is 0 Å². The number of hydrogen-bond acceptors (Lipinski definition) is 6. The minimum Gasteiger partial charge on any atom is -0.378 e. The highest BCUT2D eigenvalue weighted by Crippen LogP contribution is 2.28. The molecule has 1 aliphatic rings. The third kappa shape index (κ3) is 5.04. The smallest absolute Gasteiger partial charge is 0.228 e. The second-order valence-electron chi connectivity index (χ2n) is 6.37. The summed E-state index contributed by atoms with van der Waals surface area (Å²) < 4.78 is 5.42. The first-order valence-electron chi connectivity index (χ1n) is 9.16. The summed E-state index contributed by atoms with van der Waals surface area (Å²) >= 11 is 5.13. The van der Waals surface area contributed by atoms with E-state index >= 15 is 0 Å². The van der Waals surface area contributed by atoms with Crippen molar-refractivity contribution < 1.29 is 4.74 Å². The number of nitrogens with zero attached hydrogens (tertiary/aromatic N) is 3. The lowest BCUT2D eigenvalue weighted by Gasteiger charge is -2.28. The van der Waals surface area contributed by atoms with Crippen LogP contribution in [0, 0.1) is 0 Å². The fraction of sp³-hybridized carbons (Fsp3) is 0.238. The Morgan fingerprint density at radius 1 is 1.07 bits per heavy atom. The molecule has 7 heteroatoms. The van der Waals surface area contributed by atoms with Crippen LogP contribution in [0.5, 0.6) is 0 Å². The molecule has 0 unspecified atom stereocenters. The average Bonchev–Trinajstić information content (AvgIpc) is 2.75. The van der Waals surface area contributed by atoms with Crippen molar-refractivity contribution in [3.05, 3.63) is 66.4 Å². The predicted octanol–water partition coefficient (Wildman–Crippen LogP) is 5.10. The Labute approximate surface area is 177 Å². The van der Waals surface area contributed by atoms with Crippen molar-refractivity contribution in [1.29, 1.82) is 0 Å². The Bertz CT molecular complexity index is 916. The van der Waals surface area contributed by atoms with Crippen molar-refractivity contribution in [2.24, 2.45) is 0 Å². The molecule has 0 radical (unpaired) electrons. The monoisotopic (exact) mass is 456 g/mol. The van der Waals surface area contributed by atoms with Crippen molar-refractivity contribution in [3.63, 3.8) is 0 Å². The summed E-state index contributed by atoms with van der Waals surface area (Å²) in [6.07, 6.45) is 1.79. The summed E-state index contributed by atoms with van der Waals surface area (Å²) in [5.41, 5.74) is 3.43. The summed E-state index contributed by atoms with van der Waals surface area (Å²) in [6, 6.07) is 18.7. The molecule has 0 saturated carbocycles. The molecule has 0 aliphatic carbocycles. The first-order chi connectivity index (χ1) is 13.8. The highest BCUT2D eigenvalue weighted by atomic mass is 79.9. The lowest BCUT2D eigenvalue weighted by Crippen LogP contribution is -2.36. The Kier molecular flexibility index (Phi) is 6.46. The number of anilines is 3. The van der Waals surface area contributed by atoms with Gasteiger partial charge in [-0.15, -0.1) is 0 Å². The minimum absolute atomic E-state index is 0.598. The SMILES string of the molecule is BrCc1cccc(Sc2ccnc(Nc3ccc(N4CCOCC4)cc3)n2)c1. The zero-order chi connectivity index (χ0) is 19.2. The molecule has 2 heterocycles. The van der Waals surface area contributed by atoms with Crippen LogP contribution >= 0.6 is 27.7 Å². The van der Waals surface area contributed by atoms with Crippen molar-refractivity contribution in [3.8, 4) is 0 Å². The Morgan fingerprint density at radius 3 is 2.68 bits per heavy atom. The third-order valence-electron chi connectivity index (χ3n) is 4.40. The van der Waals surface area contributed by atoms with Gasteiger partial charge in [0.05, 0.1) is 13.2 Å². The van der Waals surface area contributed by atoms with Gasteiger partial charge in [-0.05, 0) is 48.0 Å². The largest absolute Gasteiger partial charge is 0.378 e. The minimum atomic E-state index is 0.598. The normalized spacial score (nSPS) is 14.1. The molecule has 144 valence electrons. The van der Waals surface area contributed by atoms with Crippen LogP contribution in [0.1, 0.15) is 5.56 Å². The first kappa shape index (κ1) is 19.2. The van der Waals surface area contributed by atoms with E-state index in [-0.39, 0.29) is 0 Å². The topological polar surface area (TPSA) is 50.3 Å². The molecule has 4 rings (SSSR count). The summed E-state index contributed by atoms with van der Waals surface area (Å²) in [7, 11) is 0. The molecule has 0 amide bonds. The Morgan fingerprint density at radius 2 is 1.89 bits per heavy atom. The van der Waals surface area contributed by atoms with Crippen LogP contribution in [-0.2, 0) is 10.1 Å². The number of benzene rings is 2. The van der Waals surface area contributed by atoms with Crippen LogP contribution in [0.15, 0.2) is 70.7 Å². The molecular formula is C21H21BrN4OS. The van der Waals surface area contributed by atoms with E-state index in [1.165, 1.54) is 11.3 Å². The number of alkyl halides is 1. The van der Waals surface area contributed by atoms with Gasteiger partial charge in [-0.2, -0.15) is 0 Å². The number of nitrogens with one attached hydrogen (secondary N) is 1. The van der Waals surface area contributed by atoms with E-state index in [1.54, 1.807) is 18.0 Å². The number of halogens is 1. The molecule has 1 aromatic heterocycles. The van der Waals surface area contributed by atoms with Crippen LogP contribution in [0.2, 0.25) is 0 Å². The van der Waals surface area contributed by atoms with E-state index < -0.39 is 0 Å². The Balaban J connectivity index is 1.42. The number of aromatic nitrogens is 2. The van der Waals surface area contributed by atoms with Gasteiger partial charge in [0.1, 0.15) is 5.03 Å². The predicted molar refractivity (Wildman–Crippen MR) is 118 cm³/mol. The lowest BCUT2D eigenvalue weighted by molar-refractivity contribution is 0.122. The summed E-state index contributed by atoms with van der Waals surface area (Å²) in [5, 5.41) is 5.05. The molecule has 2 aromatic carbocycles. The van der Waals surface area contributed by atoms with Crippen molar-refractivity contribution in [2.45, 2.75) is 15.3 Å². The summed E-state index contributed by atoms with van der Waals surface area (Å²) in [5.74, 6) is 0.598. The van der Waals surface area contributed by atoms with Crippen molar-refractivity contribution >= 4 is 45.0 Å². The molecule has 0 spiro atoms. The second kappa shape index (κ2) is 9.41. The van der Waals surface area contributed by atoms with Crippen molar-refractivity contribution in [1.82, 2.24) is 9.97 Å². The van der Waals surface area contributed by atoms with Gasteiger partial charge in [-0.1, -0.05) is 39.8 Å². The van der Waals surface area contributed by atoms with Crippen molar-refractivity contribution in [2.75, 3.05) is 36.5 Å². The summed E-state index contributed by atoms with van der Waals surface area (Å²) in [6.45, 7) is 3.45. The average molecular weight is 457 g/mol. The Hall–Kier alpha value is -2.09. The highest BCUT2D eigenvalue weighted by Gasteiger charge is 2.11. The number of ether oxygens (including phenoxy) is 1. The fourth-order valence-corrected chi connectivity index (χ4v) is 4.19. The number of hydrogen-bond donors (Lipinski definition) is 1. The maximum Gasteiger partial charge on any atom is 0.228 e. The maximum absolute atomic E-state index is 5.42. The van der Waals surface area contributed by atoms with E-state index in [4.69, 9.17) is 4.74 Å². The molecule has 5 nitrogen and oxygen atoms in total. The molecule has 1 N–H and O–H groups in total. The molecular weight excluding hydrogens is 436 g/mol. The van der Waals surface area contributed by atoms with E-state index in [1.807, 2.05) is 6.07 Å². The van der Waals surface area contributed by atoms with Crippen LogP contribution in [0.3, 0.4) is 0 Å². The summed E-state index contributed by atoms with van der Waals surface area (Å²) in [4.78, 5) is 12.5. The van der Waals surface area contributed by atoms with Gasteiger partial charge in [0.2, 0.25) is 5.95 Å². The fourth-order valence-electron chi connectivity index (χ4n) is 2.98. The highest BCUT2D eigenvalue weighted by molar-refractivity contribution is 9.08. The number of morpholine rings is 1. The lowest BCUT2D eigenvalue weighted by atomic mass is 10.2. The van der Waals surface area contributed by atoms with Gasteiger partial charge in [0, 0.05) is 40.9 Å². The standard InChI is InChI=1S/C21H21BrN4OS/c22-15-16-2-1-3-19(14-16)28-20-8-9-23-21(25-20)24-17-4-6-18(7-5-17)26-10-12-27-13-11-26/h1-9,14H,10-13,15H2,(H,23,24,25). The molecule has 1 saturated heterocycles. The number of rotatable bonds is 6. The van der Waals surface area contributed by atoms with E-state index in [0.717, 1.165) is 47.2 Å². The molecule has 1 fully saturated rings. The van der Waals surface area contributed by atoms with Gasteiger partial charge in [0.25, 0.3) is 0 Å². The maximum atomic E-state index is 5.42. The molecule has 0 bridgehead atoms. The van der Waals surface area contributed by atoms with Crippen LogP contribution in [-0.4, -0.2) is 36.3 Å². The van der Waals surface area contributed by atoms with Gasteiger partial charge in [-0.3, -0.25) is 0 Å². The second-order valence-corrected chi connectivity index (χ2v) is 8.03. The van der Waals surface area contributed by atoms with E-state index in [9.17, 15) is 0 Å². The zero-order valence-electron chi connectivity index (χ0n) is 15.3. The van der Waals surface area contributed by atoms with Crippen LogP contribution in [0.25, 0.3) is 0 Å². The van der Waals surface area contributed by atoms with Crippen LogP contribution < -0.4 is 10.2 Å². The van der Waals surface area contributed by atoms with Gasteiger partial charge in [0.15, 0.2) is 0 Å². The molecule has 3 aromatic rings. The molecule has 28 heavy (non-hydrogen) atoms. The van der Waals surface area contributed by atoms with E-state index in [2.05, 4.69) is 84.6 Å².